The largest absolute Gasteiger partial charge is 0.494 e. The number of urea groups is 1. The number of rotatable bonds is 4. The van der Waals surface area contributed by atoms with Gasteiger partial charge in [0.05, 0.1) is 6.61 Å². The minimum absolute atomic E-state index is 0.276. The van der Waals surface area contributed by atoms with Crippen molar-refractivity contribution >= 4 is 17.6 Å². The van der Waals surface area contributed by atoms with Crippen LogP contribution in [0.1, 0.15) is 6.92 Å². The van der Waals surface area contributed by atoms with Crippen LogP contribution in [0.15, 0.2) is 24.3 Å². The van der Waals surface area contributed by atoms with E-state index in [1.54, 1.807) is 0 Å². The molecule has 1 saturated heterocycles. The molecule has 3 N–H and O–H groups in total. The SMILES string of the molecule is CCOc1ccc(N[C@H]2CNC(=O)NC2=O)cc1. The van der Waals surface area contributed by atoms with Gasteiger partial charge in [-0.1, -0.05) is 0 Å². The summed E-state index contributed by atoms with van der Waals surface area (Å²) in [4.78, 5) is 22.4. The summed E-state index contributed by atoms with van der Waals surface area (Å²) in [6, 6.07) is 6.39. The van der Waals surface area contributed by atoms with Gasteiger partial charge in [-0.3, -0.25) is 10.1 Å². The van der Waals surface area contributed by atoms with Crippen molar-refractivity contribution in [2.75, 3.05) is 18.5 Å². The third-order valence-corrected chi connectivity index (χ3v) is 2.53. The molecule has 1 fully saturated rings. The van der Waals surface area contributed by atoms with Crippen LogP contribution in [0.25, 0.3) is 0 Å². The highest BCUT2D eigenvalue weighted by atomic mass is 16.5. The fourth-order valence-corrected chi connectivity index (χ4v) is 1.66. The molecule has 3 amide bonds. The van der Waals surface area contributed by atoms with Crippen LogP contribution >= 0.6 is 0 Å². The summed E-state index contributed by atoms with van der Waals surface area (Å²) in [7, 11) is 0. The van der Waals surface area contributed by atoms with Crippen LogP contribution in [0.4, 0.5) is 10.5 Å². The number of hydrogen-bond donors (Lipinski definition) is 3. The second-order valence-corrected chi connectivity index (χ2v) is 3.85. The zero-order valence-electron chi connectivity index (χ0n) is 10.0. The molecule has 1 aliphatic rings. The van der Waals surface area contributed by atoms with Gasteiger partial charge in [-0.05, 0) is 31.2 Å². The molecule has 1 aliphatic heterocycles. The highest BCUT2D eigenvalue weighted by molar-refractivity contribution is 6.00. The first-order valence-electron chi connectivity index (χ1n) is 5.77. The lowest BCUT2D eigenvalue weighted by molar-refractivity contribution is -0.121. The van der Waals surface area contributed by atoms with Crippen molar-refractivity contribution in [1.29, 1.82) is 0 Å². The van der Waals surface area contributed by atoms with Crippen LogP contribution in [0.5, 0.6) is 5.75 Å². The summed E-state index contributed by atoms with van der Waals surface area (Å²) in [5.74, 6) is 0.456. The standard InChI is InChI=1S/C12H15N3O3/c1-2-18-9-5-3-8(4-6-9)14-10-7-13-12(17)15-11(10)16/h3-6,10,14H,2,7H2,1H3,(H2,13,15,16,17)/t10-/m0/s1. The molecule has 0 unspecified atom stereocenters. The van der Waals surface area contributed by atoms with Crippen molar-refractivity contribution in [2.24, 2.45) is 0 Å². The maximum atomic E-state index is 11.5. The number of anilines is 1. The number of nitrogens with one attached hydrogen (secondary N) is 3. The second kappa shape index (κ2) is 5.39. The lowest BCUT2D eigenvalue weighted by atomic mass is 10.2. The predicted molar refractivity (Wildman–Crippen MR) is 66.6 cm³/mol. The number of carbonyl (C=O) groups excluding carboxylic acids is 2. The summed E-state index contributed by atoms with van der Waals surface area (Å²) in [5, 5.41) is 7.80. The molecular formula is C12H15N3O3. The van der Waals surface area contributed by atoms with Crippen LogP contribution in [-0.4, -0.2) is 31.1 Å². The quantitative estimate of drug-likeness (QED) is 0.734. The van der Waals surface area contributed by atoms with Crippen LogP contribution in [-0.2, 0) is 4.79 Å². The van der Waals surface area contributed by atoms with E-state index in [0.29, 0.717) is 6.61 Å². The van der Waals surface area contributed by atoms with Crippen LogP contribution in [0.3, 0.4) is 0 Å². The normalized spacial score (nSPS) is 18.8. The van der Waals surface area contributed by atoms with E-state index >= 15 is 0 Å². The summed E-state index contributed by atoms with van der Waals surface area (Å²) in [5.41, 5.74) is 0.801. The highest BCUT2D eigenvalue weighted by Gasteiger charge is 2.25. The third-order valence-electron chi connectivity index (χ3n) is 2.53. The molecule has 0 radical (unpaired) electrons. The van der Waals surface area contributed by atoms with Crippen molar-refractivity contribution in [3.63, 3.8) is 0 Å². The molecule has 0 aliphatic carbocycles. The first-order valence-corrected chi connectivity index (χ1v) is 5.77. The van der Waals surface area contributed by atoms with Gasteiger partial charge < -0.3 is 15.4 Å². The second-order valence-electron chi connectivity index (χ2n) is 3.85. The summed E-state index contributed by atoms with van der Waals surface area (Å²) in [6.07, 6.45) is 0. The van der Waals surface area contributed by atoms with Crippen molar-refractivity contribution in [2.45, 2.75) is 13.0 Å². The third kappa shape index (κ3) is 2.91. The summed E-state index contributed by atoms with van der Waals surface area (Å²) >= 11 is 0. The van der Waals surface area contributed by atoms with Crippen molar-refractivity contribution < 1.29 is 14.3 Å². The molecule has 1 heterocycles. The van der Waals surface area contributed by atoms with Crippen molar-refractivity contribution in [3.05, 3.63) is 24.3 Å². The van der Waals surface area contributed by atoms with E-state index in [4.69, 9.17) is 4.74 Å². The Morgan fingerprint density at radius 2 is 2.06 bits per heavy atom. The Morgan fingerprint density at radius 3 is 2.67 bits per heavy atom. The number of imide groups is 1. The van der Waals surface area contributed by atoms with Crippen LogP contribution in [0, 0.1) is 0 Å². The van der Waals surface area contributed by atoms with E-state index in [-0.39, 0.29) is 12.5 Å². The zero-order valence-corrected chi connectivity index (χ0v) is 10.0. The van der Waals surface area contributed by atoms with Gasteiger partial charge in [0.2, 0.25) is 0 Å². The minimum Gasteiger partial charge on any atom is -0.494 e. The number of benzene rings is 1. The van der Waals surface area contributed by atoms with Gasteiger partial charge in [0, 0.05) is 12.2 Å². The Kier molecular flexibility index (Phi) is 3.66. The summed E-state index contributed by atoms with van der Waals surface area (Å²) < 4.78 is 5.32. The molecule has 2 rings (SSSR count). The monoisotopic (exact) mass is 249 g/mol. The lowest BCUT2D eigenvalue weighted by Crippen LogP contribution is -2.57. The van der Waals surface area contributed by atoms with Gasteiger partial charge in [0.15, 0.2) is 0 Å². The lowest BCUT2D eigenvalue weighted by Gasteiger charge is -2.23. The average Bonchev–Trinajstić information content (AvgIpc) is 2.35. The van der Waals surface area contributed by atoms with Gasteiger partial charge in [-0.2, -0.15) is 0 Å². The molecule has 1 atom stereocenters. The van der Waals surface area contributed by atoms with Crippen molar-refractivity contribution in [3.8, 4) is 5.75 Å². The molecular weight excluding hydrogens is 234 g/mol. The Morgan fingerprint density at radius 1 is 1.33 bits per heavy atom. The van der Waals surface area contributed by atoms with Gasteiger partial charge in [-0.15, -0.1) is 0 Å². The molecule has 1 aromatic rings. The molecule has 18 heavy (non-hydrogen) atoms. The average molecular weight is 249 g/mol. The van der Waals surface area contributed by atoms with E-state index in [1.165, 1.54) is 0 Å². The fraction of sp³-hybridized carbons (Fsp3) is 0.333. The predicted octanol–water partition coefficient (Wildman–Crippen LogP) is 0.705. The number of hydrogen-bond acceptors (Lipinski definition) is 4. The van der Waals surface area contributed by atoms with Gasteiger partial charge in [-0.25, -0.2) is 4.79 Å². The molecule has 96 valence electrons. The van der Waals surface area contributed by atoms with Gasteiger partial charge in [0.25, 0.3) is 5.91 Å². The van der Waals surface area contributed by atoms with Gasteiger partial charge >= 0.3 is 6.03 Å². The Balaban J connectivity index is 1.96. The molecule has 0 aromatic heterocycles. The Labute approximate surface area is 105 Å². The number of ether oxygens (including phenoxy) is 1. The minimum atomic E-state index is -0.458. The Bertz CT molecular complexity index is 444. The maximum Gasteiger partial charge on any atom is 0.321 e. The van der Waals surface area contributed by atoms with Gasteiger partial charge in [0.1, 0.15) is 11.8 Å². The van der Waals surface area contributed by atoms with E-state index < -0.39 is 12.1 Å². The first kappa shape index (κ1) is 12.2. The van der Waals surface area contributed by atoms with E-state index in [9.17, 15) is 9.59 Å². The van der Waals surface area contributed by atoms with Crippen LogP contribution in [0.2, 0.25) is 0 Å². The molecule has 6 heteroatoms. The number of carbonyl (C=O) groups is 2. The van der Waals surface area contributed by atoms with E-state index in [2.05, 4.69) is 16.0 Å². The fourth-order valence-electron chi connectivity index (χ4n) is 1.66. The maximum absolute atomic E-state index is 11.5. The topological polar surface area (TPSA) is 79.5 Å². The van der Waals surface area contributed by atoms with Crippen molar-refractivity contribution in [1.82, 2.24) is 10.6 Å². The Hall–Kier alpha value is -2.24. The molecule has 1 aromatic carbocycles. The highest BCUT2D eigenvalue weighted by Crippen LogP contribution is 2.16. The van der Waals surface area contributed by atoms with Crippen LogP contribution < -0.4 is 20.7 Å². The molecule has 6 nitrogen and oxygen atoms in total. The smallest absolute Gasteiger partial charge is 0.321 e. The molecule has 0 saturated carbocycles. The molecule has 0 spiro atoms. The number of amides is 3. The zero-order chi connectivity index (χ0) is 13.0. The first-order chi connectivity index (χ1) is 8.69. The van der Waals surface area contributed by atoms with E-state index in [1.807, 2.05) is 31.2 Å². The van der Waals surface area contributed by atoms with E-state index in [0.717, 1.165) is 11.4 Å². The molecule has 0 bridgehead atoms. The summed E-state index contributed by atoms with van der Waals surface area (Å²) in [6.45, 7) is 2.81.